The molecule has 0 aliphatic heterocycles. The third-order valence-electron chi connectivity index (χ3n) is 5.09. The van der Waals surface area contributed by atoms with Crippen LogP contribution in [0.5, 0.6) is 17.2 Å². The Bertz CT molecular complexity index is 1230. The largest absolute Gasteiger partial charge is 0.495 e. The highest BCUT2D eigenvalue weighted by molar-refractivity contribution is 5.95. The van der Waals surface area contributed by atoms with E-state index < -0.39 is 22.8 Å². The van der Waals surface area contributed by atoms with Gasteiger partial charge in [-0.25, -0.2) is 0 Å². The summed E-state index contributed by atoms with van der Waals surface area (Å²) >= 11 is 0. The summed E-state index contributed by atoms with van der Waals surface area (Å²) in [5.74, 6) is 0.275. The third-order valence-corrected chi connectivity index (χ3v) is 5.09. The Morgan fingerprint density at radius 2 is 1.69 bits per heavy atom. The van der Waals surface area contributed by atoms with E-state index in [2.05, 4.69) is 10.6 Å². The van der Waals surface area contributed by atoms with Crippen LogP contribution < -0.4 is 24.8 Å². The van der Waals surface area contributed by atoms with Gasteiger partial charge in [0.15, 0.2) is 18.1 Å². The number of nitro groups is 1. The van der Waals surface area contributed by atoms with Gasteiger partial charge in [0, 0.05) is 17.7 Å². The lowest BCUT2D eigenvalue weighted by Gasteiger charge is -2.16. The van der Waals surface area contributed by atoms with Crippen molar-refractivity contribution in [1.29, 1.82) is 0 Å². The molecule has 0 aliphatic rings. The van der Waals surface area contributed by atoms with Crippen molar-refractivity contribution in [1.82, 2.24) is 5.32 Å². The van der Waals surface area contributed by atoms with Crippen LogP contribution in [0, 0.1) is 10.1 Å². The number of anilines is 1. The number of carbonyl (C=O) groups is 2. The number of ether oxygens (including phenoxy) is 3. The van der Waals surface area contributed by atoms with E-state index in [9.17, 15) is 19.7 Å². The number of non-ortho nitro benzene ring substituents is 1. The minimum absolute atomic E-state index is 0.0542. The molecule has 1 atom stereocenters. The fourth-order valence-corrected chi connectivity index (χ4v) is 3.28. The summed E-state index contributed by atoms with van der Waals surface area (Å²) in [7, 11) is 2.93. The number of benzene rings is 3. The predicted octanol–water partition coefficient (Wildman–Crippen LogP) is 4.12. The average Bonchev–Trinajstić information content (AvgIpc) is 2.87. The Hall–Kier alpha value is -4.60. The highest BCUT2D eigenvalue weighted by Gasteiger charge is 2.17. The molecule has 0 aliphatic carbocycles. The molecule has 3 rings (SSSR count). The summed E-state index contributed by atoms with van der Waals surface area (Å²) in [5, 5.41) is 16.5. The fourth-order valence-electron chi connectivity index (χ4n) is 3.28. The number of nitrogens with one attached hydrogen (secondary N) is 2. The zero-order valence-electron chi connectivity index (χ0n) is 19.4. The average molecular weight is 479 g/mol. The second-order valence-corrected chi connectivity index (χ2v) is 7.45. The quantitative estimate of drug-likeness (QED) is 0.330. The fraction of sp³-hybridized carbons (Fsp3) is 0.200. The second kappa shape index (κ2) is 11.5. The van der Waals surface area contributed by atoms with Crippen molar-refractivity contribution in [2.45, 2.75) is 13.0 Å². The Labute approximate surface area is 202 Å². The first-order chi connectivity index (χ1) is 16.8. The molecule has 0 bridgehead atoms. The van der Waals surface area contributed by atoms with Crippen molar-refractivity contribution in [3.8, 4) is 17.2 Å². The van der Waals surface area contributed by atoms with Crippen molar-refractivity contribution in [2.24, 2.45) is 0 Å². The van der Waals surface area contributed by atoms with Gasteiger partial charge >= 0.3 is 0 Å². The molecular formula is C25H25N3O7. The van der Waals surface area contributed by atoms with Crippen molar-refractivity contribution in [3.63, 3.8) is 0 Å². The van der Waals surface area contributed by atoms with Crippen LogP contribution in [-0.2, 0) is 4.79 Å². The molecular weight excluding hydrogens is 454 g/mol. The highest BCUT2D eigenvalue weighted by atomic mass is 16.6. The number of para-hydroxylation sites is 2. The van der Waals surface area contributed by atoms with Crippen molar-refractivity contribution in [3.05, 3.63) is 88.0 Å². The Kier molecular flexibility index (Phi) is 8.23. The molecule has 10 heteroatoms. The number of amides is 2. The molecule has 2 amide bonds. The molecule has 0 saturated carbocycles. The normalized spacial score (nSPS) is 11.2. The van der Waals surface area contributed by atoms with E-state index in [0.29, 0.717) is 22.6 Å². The Balaban J connectivity index is 1.64. The zero-order valence-corrected chi connectivity index (χ0v) is 19.4. The maximum Gasteiger partial charge on any atom is 0.269 e. The molecule has 35 heavy (non-hydrogen) atoms. The molecule has 182 valence electrons. The van der Waals surface area contributed by atoms with Crippen molar-refractivity contribution < 1.29 is 28.7 Å². The van der Waals surface area contributed by atoms with Crippen LogP contribution in [0.2, 0.25) is 0 Å². The van der Waals surface area contributed by atoms with E-state index >= 15 is 0 Å². The number of methoxy groups -OCH3 is 2. The molecule has 1 unspecified atom stereocenters. The first-order valence-electron chi connectivity index (χ1n) is 10.6. The van der Waals surface area contributed by atoms with E-state index in [-0.39, 0.29) is 23.8 Å². The van der Waals surface area contributed by atoms with Crippen LogP contribution in [-0.4, -0.2) is 37.6 Å². The predicted molar refractivity (Wildman–Crippen MR) is 129 cm³/mol. The molecule has 0 spiro atoms. The van der Waals surface area contributed by atoms with Crippen LogP contribution >= 0.6 is 0 Å². The second-order valence-electron chi connectivity index (χ2n) is 7.45. The van der Waals surface area contributed by atoms with Crippen LogP contribution in [0.25, 0.3) is 0 Å². The van der Waals surface area contributed by atoms with Gasteiger partial charge < -0.3 is 24.8 Å². The minimum atomic E-state index is -0.488. The van der Waals surface area contributed by atoms with Crippen molar-refractivity contribution in [2.75, 3.05) is 26.1 Å². The van der Waals surface area contributed by atoms with Gasteiger partial charge in [-0.15, -0.1) is 0 Å². The van der Waals surface area contributed by atoms with Gasteiger partial charge in [-0.1, -0.05) is 24.3 Å². The molecule has 3 aromatic carbocycles. The summed E-state index contributed by atoms with van der Waals surface area (Å²) in [6, 6.07) is 17.1. The van der Waals surface area contributed by atoms with Crippen LogP contribution in [0.15, 0.2) is 66.7 Å². The number of carbonyl (C=O) groups excluding carboxylic acids is 2. The van der Waals surface area contributed by atoms with Gasteiger partial charge in [0.2, 0.25) is 0 Å². The van der Waals surface area contributed by atoms with Gasteiger partial charge in [-0.3, -0.25) is 19.7 Å². The van der Waals surface area contributed by atoms with E-state index in [4.69, 9.17) is 14.2 Å². The van der Waals surface area contributed by atoms with Crippen molar-refractivity contribution >= 4 is 23.2 Å². The highest BCUT2D eigenvalue weighted by Crippen LogP contribution is 2.29. The van der Waals surface area contributed by atoms with Gasteiger partial charge in [0.25, 0.3) is 17.5 Å². The Morgan fingerprint density at radius 3 is 2.40 bits per heavy atom. The number of hydrogen-bond donors (Lipinski definition) is 2. The maximum absolute atomic E-state index is 12.7. The topological polar surface area (TPSA) is 129 Å². The summed E-state index contributed by atoms with van der Waals surface area (Å²) in [6.07, 6.45) is 0. The summed E-state index contributed by atoms with van der Waals surface area (Å²) in [6.45, 7) is 1.44. The first-order valence-corrected chi connectivity index (χ1v) is 10.6. The molecule has 3 aromatic rings. The summed E-state index contributed by atoms with van der Waals surface area (Å²) < 4.78 is 16.1. The summed E-state index contributed by atoms with van der Waals surface area (Å²) in [5.41, 5.74) is 1.35. The molecule has 0 heterocycles. The molecule has 10 nitrogen and oxygen atoms in total. The van der Waals surface area contributed by atoms with Crippen LogP contribution in [0.4, 0.5) is 11.4 Å². The molecule has 0 saturated heterocycles. The van der Waals surface area contributed by atoms with Gasteiger partial charge in [0.05, 0.1) is 30.9 Å². The number of nitro benzene ring substituents is 1. The number of nitrogens with zero attached hydrogens (tertiary/aromatic N) is 1. The van der Waals surface area contributed by atoms with E-state index in [1.165, 1.54) is 44.6 Å². The smallest absolute Gasteiger partial charge is 0.269 e. The lowest BCUT2D eigenvalue weighted by molar-refractivity contribution is -0.384. The molecule has 2 N–H and O–H groups in total. The third kappa shape index (κ3) is 6.47. The molecule has 0 aromatic heterocycles. The van der Waals surface area contributed by atoms with Gasteiger partial charge in [-0.2, -0.15) is 0 Å². The van der Waals surface area contributed by atoms with E-state index in [1.54, 1.807) is 43.3 Å². The zero-order chi connectivity index (χ0) is 25.4. The first kappa shape index (κ1) is 25.0. The van der Waals surface area contributed by atoms with Gasteiger partial charge in [0.1, 0.15) is 5.75 Å². The van der Waals surface area contributed by atoms with Crippen LogP contribution in [0.1, 0.15) is 28.9 Å². The standard InChI is InChI=1S/C25H25N3O7/c1-16(17-7-6-8-19(13-17)28(31)32)26-25(30)18-11-12-22(23(14-18)34-3)35-15-24(29)27-20-9-4-5-10-21(20)33-2/h4-14,16H,15H2,1-3H3,(H,26,30)(H,27,29). The SMILES string of the molecule is COc1ccccc1NC(=O)COc1ccc(C(=O)NC(C)c2cccc([N+](=O)[O-])c2)cc1OC. The van der Waals surface area contributed by atoms with E-state index in [0.717, 1.165) is 0 Å². The van der Waals surface area contributed by atoms with Gasteiger partial charge in [-0.05, 0) is 42.8 Å². The monoisotopic (exact) mass is 479 g/mol. The maximum atomic E-state index is 12.7. The lowest BCUT2D eigenvalue weighted by Crippen LogP contribution is -2.26. The minimum Gasteiger partial charge on any atom is -0.495 e. The van der Waals surface area contributed by atoms with E-state index in [1.807, 2.05) is 0 Å². The Morgan fingerprint density at radius 1 is 0.943 bits per heavy atom. The molecule has 0 radical (unpaired) electrons. The van der Waals surface area contributed by atoms with Crippen LogP contribution in [0.3, 0.4) is 0 Å². The number of hydrogen-bond acceptors (Lipinski definition) is 7. The molecule has 0 fully saturated rings. The number of rotatable bonds is 10. The lowest BCUT2D eigenvalue weighted by atomic mass is 10.1. The summed E-state index contributed by atoms with van der Waals surface area (Å²) in [4.78, 5) is 35.6.